The minimum Gasteiger partial charge on any atom is -0.293 e. The summed E-state index contributed by atoms with van der Waals surface area (Å²) in [6, 6.07) is 9.67. The standard InChI is InChI=1S/C12H9Cl2NO3S2/c13-11-6-10(12(14)19-11)20(17,18)15-7-9(16)8-4-2-1-3-5-8/h1-6,15H,7H2. The van der Waals surface area contributed by atoms with Gasteiger partial charge in [0.05, 0.1) is 10.9 Å². The molecule has 2 aromatic rings. The van der Waals surface area contributed by atoms with Crippen LogP contribution in [0.3, 0.4) is 0 Å². The number of ketones is 1. The molecule has 1 aromatic heterocycles. The summed E-state index contributed by atoms with van der Waals surface area (Å²) < 4.78 is 26.6. The first-order valence-corrected chi connectivity index (χ1v) is 8.48. The highest BCUT2D eigenvalue weighted by Gasteiger charge is 2.21. The number of benzene rings is 1. The molecule has 0 aliphatic heterocycles. The van der Waals surface area contributed by atoms with E-state index in [1.807, 2.05) is 0 Å². The molecule has 0 radical (unpaired) electrons. The molecule has 0 atom stereocenters. The van der Waals surface area contributed by atoms with Gasteiger partial charge in [0.15, 0.2) is 5.78 Å². The van der Waals surface area contributed by atoms with Crippen molar-refractivity contribution in [2.75, 3.05) is 6.54 Å². The van der Waals surface area contributed by atoms with Crippen LogP contribution in [-0.4, -0.2) is 20.7 Å². The van der Waals surface area contributed by atoms with Crippen LogP contribution in [0.5, 0.6) is 0 Å². The normalized spacial score (nSPS) is 11.5. The van der Waals surface area contributed by atoms with Crippen LogP contribution < -0.4 is 4.72 Å². The van der Waals surface area contributed by atoms with Crippen LogP contribution in [0.4, 0.5) is 0 Å². The van der Waals surface area contributed by atoms with Gasteiger partial charge in [0.2, 0.25) is 10.0 Å². The van der Waals surface area contributed by atoms with Crippen molar-refractivity contribution in [3.05, 3.63) is 50.6 Å². The van der Waals surface area contributed by atoms with E-state index < -0.39 is 10.0 Å². The molecule has 0 saturated heterocycles. The molecule has 1 heterocycles. The van der Waals surface area contributed by atoms with Crippen LogP contribution in [0.25, 0.3) is 0 Å². The molecule has 0 spiro atoms. The summed E-state index contributed by atoms with van der Waals surface area (Å²) in [6.45, 7) is -0.337. The zero-order valence-corrected chi connectivity index (χ0v) is 13.1. The Kier molecular flexibility index (Phi) is 4.82. The summed E-state index contributed by atoms with van der Waals surface area (Å²) in [5.74, 6) is -0.327. The van der Waals surface area contributed by atoms with Crippen molar-refractivity contribution >= 4 is 50.3 Å². The Labute approximate surface area is 130 Å². The van der Waals surface area contributed by atoms with Crippen molar-refractivity contribution in [3.63, 3.8) is 0 Å². The van der Waals surface area contributed by atoms with E-state index >= 15 is 0 Å². The lowest BCUT2D eigenvalue weighted by atomic mass is 10.1. The molecule has 4 nitrogen and oxygen atoms in total. The molecule has 0 aliphatic rings. The minimum atomic E-state index is -3.85. The third-order valence-corrected chi connectivity index (χ3v) is 5.59. The number of hydrogen-bond acceptors (Lipinski definition) is 4. The van der Waals surface area contributed by atoms with Gasteiger partial charge in [0.1, 0.15) is 9.23 Å². The fourth-order valence-corrected chi connectivity index (χ4v) is 4.60. The predicted molar refractivity (Wildman–Crippen MR) is 80.3 cm³/mol. The Morgan fingerprint density at radius 2 is 1.85 bits per heavy atom. The molecule has 0 aliphatic carbocycles. The van der Waals surface area contributed by atoms with Crippen LogP contribution in [0, 0.1) is 0 Å². The molecule has 0 unspecified atom stereocenters. The summed E-state index contributed by atoms with van der Waals surface area (Å²) in [4.78, 5) is 11.7. The maximum Gasteiger partial charge on any atom is 0.243 e. The van der Waals surface area contributed by atoms with Crippen LogP contribution in [-0.2, 0) is 10.0 Å². The van der Waals surface area contributed by atoms with Crippen molar-refractivity contribution in [3.8, 4) is 0 Å². The summed E-state index contributed by atoms with van der Waals surface area (Å²) in [7, 11) is -3.85. The van der Waals surface area contributed by atoms with Gasteiger partial charge in [-0.25, -0.2) is 13.1 Å². The van der Waals surface area contributed by atoms with E-state index in [0.29, 0.717) is 5.56 Å². The van der Waals surface area contributed by atoms with Gasteiger partial charge < -0.3 is 0 Å². The van der Waals surface area contributed by atoms with Crippen molar-refractivity contribution in [2.24, 2.45) is 0 Å². The van der Waals surface area contributed by atoms with E-state index in [1.54, 1.807) is 30.3 Å². The maximum atomic E-state index is 12.0. The average Bonchev–Trinajstić information content (AvgIpc) is 2.77. The number of Topliss-reactive ketones (excluding diaryl/α,β-unsaturated/α-hetero) is 1. The lowest BCUT2D eigenvalue weighted by molar-refractivity contribution is 0.0997. The Morgan fingerprint density at radius 3 is 2.40 bits per heavy atom. The summed E-state index contributed by atoms with van der Waals surface area (Å²) in [5.41, 5.74) is 0.435. The van der Waals surface area contributed by atoms with Gasteiger partial charge in [-0.15, -0.1) is 11.3 Å². The number of rotatable bonds is 5. The zero-order chi connectivity index (χ0) is 14.8. The number of halogens is 2. The maximum absolute atomic E-state index is 12.0. The molecular weight excluding hydrogens is 341 g/mol. The van der Waals surface area contributed by atoms with Crippen LogP contribution in [0.2, 0.25) is 8.67 Å². The second-order valence-corrected chi connectivity index (χ2v) is 7.82. The highest BCUT2D eigenvalue weighted by atomic mass is 35.5. The van der Waals surface area contributed by atoms with E-state index in [9.17, 15) is 13.2 Å². The molecule has 20 heavy (non-hydrogen) atoms. The summed E-state index contributed by atoms with van der Waals surface area (Å²) >= 11 is 12.5. The Hall–Kier alpha value is -0.920. The number of thiophene rings is 1. The molecule has 106 valence electrons. The molecular formula is C12H9Cl2NO3S2. The van der Waals surface area contributed by atoms with Gasteiger partial charge in [0, 0.05) is 5.56 Å². The van der Waals surface area contributed by atoms with E-state index in [1.165, 1.54) is 6.07 Å². The fraction of sp³-hybridized carbons (Fsp3) is 0.0833. The first-order valence-electron chi connectivity index (χ1n) is 5.43. The third kappa shape index (κ3) is 3.59. The molecule has 0 amide bonds. The second-order valence-electron chi connectivity index (χ2n) is 3.80. The Balaban J connectivity index is 2.11. The van der Waals surface area contributed by atoms with Gasteiger partial charge in [0.25, 0.3) is 0 Å². The second kappa shape index (κ2) is 6.24. The van der Waals surface area contributed by atoms with Gasteiger partial charge in [-0.1, -0.05) is 53.5 Å². The Bertz CT molecular complexity index is 726. The number of carbonyl (C=O) groups excluding carboxylic acids is 1. The SMILES string of the molecule is O=C(CNS(=O)(=O)c1cc(Cl)sc1Cl)c1ccccc1. The largest absolute Gasteiger partial charge is 0.293 e. The number of carbonyl (C=O) groups is 1. The van der Waals surface area contributed by atoms with E-state index in [0.717, 1.165) is 11.3 Å². The first-order chi connectivity index (χ1) is 9.40. The van der Waals surface area contributed by atoms with Crippen LogP contribution >= 0.6 is 34.5 Å². The van der Waals surface area contributed by atoms with Gasteiger partial charge in [-0.3, -0.25) is 4.79 Å². The minimum absolute atomic E-state index is 0.0645. The molecule has 1 aromatic carbocycles. The molecule has 0 saturated carbocycles. The van der Waals surface area contributed by atoms with E-state index in [4.69, 9.17) is 23.2 Å². The zero-order valence-electron chi connectivity index (χ0n) is 9.97. The van der Waals surface area contributed by atoms with Gasteiger partial charge in [-0.2, -0.15) is 0 Å². The molecule has 0 fully saturated rings. The third-order valence-electron chi connectivity index (χ3n) is 2.43. The number of hydrogen-bond donors (Lipinski definition) is 1. The van der Waals surface area contributed by atoms with Crippen molar-refractivity contribution in [1.82, 2.24) is 4.72 Å². The van der Waals surface area contributed by atoms with E-state index in [2.05, 4.69) is 4.72 Å². The fourth-order valence-electron chi connectivity index (χ4n) is 1.47. The Morgan fingerprint density at radius 1 is 1.20 bits per heavy atom. The lowest BCUT2D eigenvalue weighted by Gasteiger charge is -2.05. The highest BCUT2D eigenvalue weighted by molar-refractivity contribution is 7.89. The smallest absolute Gasteiger partial charge is 0.243 e. The summed E-state index contributed by atoms with van der Waals surface area (Å²) in [5, 5.41) is 0. The van der Waals surface area contributed by atoms with Crippen molar-refractivity contribution < 1.29 is 13.2 Å². The van der Waals surface area contributed by atoms with Crippen molar-refractivity contribution in [2.45, 2.75) is 4.90 Å². The summed E-state index contributed by atoms with van der Waals surface area (Å²) in [6.07, 6.45) is 0. The quantitative estimate of drug-likeness (QED) is 0.843. The predicted octanol–water partition coefficient (Wildman–Crippen LogP) is 3.22. The van der Waals surface area contributed by atoms with E-state index in [-0.39, 0.29) is 25.9 Å². The van der Waals surface area contributed by atoms with Crippen LogP contribution in [0.1, 0.15) is 10.4 Å². The lowest BCUT2D eigenvalue weighted by Crippen LogP contribution is -2.29. The topological polar surface area (TPSA) is 63.2 Å². The highest BCUT2D eigenvalue weighted by Crippen LogP contribution is 2.33. The van der Waals surface area contributed by atoms with Crippen LogP contribution in [0.15, 0.2) is 41.3 Å². The van der Waals surface area contributed by atoms with Crippen molar-refractivity contribution in [1.29, 1.82) is 0 Å². The molecule has 1 N–H and O–H groups in total. The average molecular weight is 350 g/mol. The molecule has 8 heteroatoms. The first kappa shape index (κ1) is 15.5. The van der Waals surface area contributed by atoms with Gasteiger partial charge >= 0.3 is 0 Å². The monoisotopic (exact) mass is 349 g/mol. The molecule has 0 bridgehead atoms. The number of nitrogens with one attached hydrogen (secondary N) is 1. The van der Waals surface area contributed by atoms with Gasteiger partial charge in [-0.05, 0) is 6.07 Å². The number of sulfonamides is 1. The molecule has 2 rings (SSSR count).